The van der Waals surface area contributed by atoms with Gasteiger partial charge in [-0.1, -0.05) is 11.6 Å². The normalized spacial score (nSPS) is 10.1. The molecule has 1 aromatic carbocycles. The highest BCUT2D eigenvalue weighted by Crippen LogP contribution is 2.36. The van der Waals surface area contributed by atoms with E-state index in [2.05, 4.69) is 5.32 Å². The fraction of sp³-hybridized carbons (Fsp3) is 0.154. The van der Waals surface area contributed by atoms with Crippen LogP contribution in [0.2, 0.25) is 5.02 Å². The Morgan fingerprint density at radius 2 is 2.00 bits per heavy atom. The lowest BCUT2D eigenvalue weighted by Gasteiger charge is -2.12. The highest BCUT2D eigenvalue weighted by molar-refractivity contribution is 7.08. The molecule has 0 atom stereocenters. The SMILES string of the molecule is COc1cc(OC)c(NC(=O)c2ccsc2)cc1Cl. The van der Waals surface area contributed by atoms with Crippen molar-refractivity contribution < 1.29 is 14.3 Å². The molecule has 1 heterocycles. The van der Waals surface area contributed by atoms with Gasteiger partial charge in [0.15, 0.2) is 0 Å². The lowest BCUT2D eigenvalue weighted by molar-refractivity contribution is 0.102. The molecule has 0 fully saturated rings. The lowest BCUT2D eigenvalue weighted by atomic mass is 10.2. The summed E-state index contributed by atoms with van der Waals surface area (Å²) in [6.45, 7) is 0. The molecule has 1 aromatic heterocycles. The van der Waals surface area contributed by atoms with Gasteiger partial charge in [0.05, 0.1) is 30.5 Å². The number of anilines is 1. The number of nitrogens with one attached hydrogen (secondary N) is 1. The minimum Gasteiger partial charge on any atom is -0.495 e. The zero-order valence-corrected chi connectivity index (χ0v) is 12.0. The van der Waals surface area contributed by atoms with Crippen molar-refractivity contribution >= 4 is 34.5 Å². The van der Waals surface area contributed by atoms with Crippen LogP contribution in [0.3, 0.4) is 0 Å². The van der Waals surface area contributed by atoms with Crippen LogP contribution < -0.4 is 14.8 Å². The molecule has 4 nitrogen and oxygen atoms in total. The van der Waals surface area contributed by atoms with E-state index in [0.29, 0.717) is 27.8 Å². The Kier molecular flexibility index (Phi) is 4.29. The van der Waals surface area contributed by atoms with E-state index in [1.165, 1.54) is 25.6 Å². The van der Waals surface area contributed by atoms with Gasteiger partial charge in [-0.2, -0.15) is 11.3 Å². The van der Waals surface area contributed by atoms with Crippen LogP contribution in [-0.2, 0) is 0 Å². The maximum atomic E-state index is 12.0. The van der Waals surface area contributed by atoms with Gasteiger partial charge in [0, 0.05) is 11.4 Å². The second-order valence-corrected chi connectivity index (χ2v) is 4.84. The van der Waals surface area contributed by atoms with Crippen molar-refractivity contribution in [3.05, 3.63) is 39.5 Å². The van der Waals surface area contributed by atoms with Crippen LogP contribution in [0.1, 0.15) is 10.4 Å². The van der Waals surface area contributed by atoms with E-state index < -0.39 is 0 Å². The minimum atomic E-state index is -0.208. The van der Waals surface area contributed by atoms with Gasteiger partial charge in [-0.3, -0.25) is 4.79 Å². The molecule has 0 unspecified atom stereocenters. The molecule has 19 heavy (non-hydrogen) atoms. The standard InChI is InChI=1S/C13H12ClNO3S/c1-17-11-6-12(18-2)10(5-9(11)14)15-13(16)8-3-4-19-7-8/h3-7H,1-2H3,(H,15,16). The molecular weight excluding hydrogens is 286 g/mol. The molecule has 0 aliphatic heterocycles. The Bertz CT molecular complexity index is 584. The molecule has 0 saturated carbocycles. The second-order valence-electron chi connectivity index (χ2n) is 3.65. The van der Waals surface area contributed by atoms with Crippen LogP contribution in [0.15, 0.2) is 29.0 Å². The number of benzene rings is 1. The molecule has 0 radical (unpaired) electrons. The first-order chi connectivity index (χ1) is 9.15. The maximum absolute atomic E-state index is 12.0. The summed E-state index contributed by atoms with van der Waals surface area (Å²) in [4.78, 5) is 12.0. The highest BCUT2D eigenvalue weighted by atomic mass is 35.5. The number of thiophene rings is 1. The summed E-state index contributed by atoms with van der Waals surface area (Å²) >= 11 is 7.50. The van der Waals surface area contributed by atoms with Crippen LogP contribution in [0.5, 0.6) is 11.5 Å². The maximum Gasteiger partial charge on any atom is 0.256 e. The third kappa shape index (κ3) is 3.00. The number of amides is 1. The molecule has 0 saturated heterocycles. The van der Waals surface area contributed by atoms with Gasteiger partial charge in [-0.05, 0) is 17.5 Å². The number of halogens is 1. The fourth-order valence-electron chi connectivity index (χ4n) is 1.55. The summed E-state index contributed by atoms with van der Waals surface area (Å²) in [6.07, 6.45) is 0. The van der Waals surface area contributed by atoms with E-state index in [1.54, 1.807) is 23.6 Å². The van der Waals surface area contributed by atoms with Crippen molar-refractivity contribution in [2.75, 3.05) is 19.5 Å². The average Bonchev–Trinajstić information content (AvgIpc) is 2.93. The third-order valence-corrected chi connectivity index (χ3v) is 3.48. The molecule has 2 rings (SSSR count). The predicted molar refractivity (Wildman–Crippen MR) is 76.8 cm³/mol. The van der Waals surface area contributed by atoms with Gasteiger partial charge in [0.2, 0.25) is 0 Å². The van der Waals surface area contributed by atoms with Crippen molar-refractivity contribution in [3.8, 4) is 11.5 Å². The number of methoxy groups -OCH3 is 2. The average molecular weight is 298 g/mol. The Hall–Kier alpha value is -1.72. The van der Waals surface area contributed by atoms with E-state index >= 15 is 0 Å². The summed E-state index contributed by atoms with van der Waals surface area (Å²) in [7, 11) is 3.03. The van der Waals surface area contributed by atoms with Gasteiger partial charge < -0.3 is 14.8 Å². The molecule has 0 aliphatic carbocycles. The number of hydrogen-bond donors (Lipinski definition) is 1. The first-order valence-electron chi connectivity index (χ1n) is 5.40. The van der Waals surface area contributed by atoms with Crippen molar-refractivity contribution in [2.24, 2.45) is 0 Å². The van der Waals surface area contributed by atoms with E-state index in [-0.39, 0.29) is 5.91 Å². The number of rotatable bonds is 4. The smallest absolute Gasteiger partial charge is 0.256 e. The summed E-state index contributed by atoms with van der Waals surface area (Å²) in [5, 5.41) is 6.78. The second kappa shape index (κ2) is 5.95. The molecule has 0 spiro atoms. The fourth-order valence-corrected chi connectivity index (χ4v) is 2.42. The van der Waals surface area contributed by atoms with E-state index in [9.17, 15) is 4.79 Å². The zero-order valence-electron chi connectivity index (χ0n) is 10.4. The third-order valence-electron chi connectivity index (χ3n) is 2.51. The lowest BCUT2D eigenvalue weighted by Crippen LogP contribution is -2.11. The van der Waals surface area contributed by atoms with Gasteiger partial charge in [0.1, 0.15) is 11.5 Å². The number of ether oxygens (including phenoxy) is 2. The minimum absolute atomic E-state index is 0.208. The van der Waals surface area contributed by atoms with Crippen molar-refractivity contribution in [1.29, 1.82) is 0 Å². The number of carbonyl (C=O) groups excluding carboxylic acids is 1. The molecule has 2 aromatic rings. The number of hydrogen-bond acceptors (Lipinski definition) is 4. The van der Waals surface area contributed by atoms with Gasteiger partial charge in [-0.15, -0.1) is 0 Å². The highest BCUT2D eigenvalue weighted by Gasteiger charge is 2.13. The van der Waals surface area contributed by atoms with Crippen LogP contribution in [-0.4, -0.2) is 20.1 Å². The summed E-state index contributed by atoms with van der Waals surface area (Å²) in [5.41, 5.74) is 1.10. The van der Waals surface area contributed by atoms with Gasteiger partial charge in [-0.25, -0.2) is 0 Å². The van der Waals surface area contributed by atoms with Crippen LogP contribution in [0.4, 0.5) is 5.69 Å². The molecule has 1 amide bonds. The topological polar surface area (TPSA) is 47.6 Å². The molecule has 0 bridgehead atoms. The predicted octanol–water partition coefficient (Wildman–Crippen LogP) is 3.67. The molecule has 6 heteroatoms. The Morgan fingerprint density at radius 3 is 2.58 bits per heavy atom. The summed E-state index contributed by atoms with van der Waals surface area (Å²) in [6, 6.07) is 4.98. The van der Waals surface area contributed by atoms with E-state index in [1.807, 2.05) is 5.38 Å². The van der Waals surface area contributed by atoms with Crippen molar-refractivity contribution in [2.45, 2.75) is 0 Å². The first kappa shape index (κ1) is 13.7. The Morgan fingerprint density at radius 1 is 1.26 bits per heavy atom. The van der Waals surface area contributed by atoms with Crippen LogP contribution >= 0.6 is 22.9 Å². The Balaban J connectivity index is 2.29. The summed E-state index contributed by atoms with van der Waals surface area (Å²) < 4.78 is 10.3. The summed E-state index contributed by atoms with van der Waals surface area (Å²) in [5.74, 6) is 0.776. The first-order valence-corrected chi connectivity index (χ1v) is 6.73. The molecule has 1 N–H and O–H groups in total. The Labute approximate surface area is 119 Å². The molecule has 100 valence electrons. The zero-order chi connectivity index (χ0) is 13.8. The monoisotopic (exact) mass is 297 g/mol. The molecule has 0 aliphatic rings. The van der Waals surface area contributed by atoms with Gasteiger partial charge >= 0.3 is 0 Å². The number of carbonyl (C=O) groups is 1. The van der Waals surface area contributed by atoms with E-state index in [0.717, 1.165) is 0 Å². The van der Waals surface area contributed by atoms with Crippen molar-refractivity contribution in [1.82, 2.24) is 0 Å². The van der Waals surface area contributed by atoms with Crippen molar-refractivity contribution in [3.63, 3.8) is 0 Å². The van der Waals surface area contributed by atoms with Crippen LogP contribution in [0, 0.1) is 0 Å². The quantitative estimate of drug-likeness (QED) is 0.936. The largest absolute Gasteiger partial charge is 0.495 e. The van der Waals surface area contributed by atoms with Gasteiger partial charge in [0.25, 0.3) is 5.91 Å². The molecular formula is C13H12ClNO3S. The van der Waals surface area contributed by atoms with Crippen LogP contribution in [0.25, 0.3) is 0 Å². The van der Waals surface area contributed by atoms with E-state index in [4.69, 9.17) is 21.1 Å².